The maximum absolute atomic E-state index is 12.6. The first-order valence-electron chi connectivity index (χ1n) is 10.9. The standard InChI is InChI=1S/C27H25N3O3/c1-2-33-27(32)21-13-16-23(17-14-21)29-25(31)18-15-22-19-28-30(24-11-7-4-8-12-24)26(22)20-9-5-3-6-10-20/h3-14,16-17,19H,2,15,18H2,1H3,(H,29,31). The predicted molar refractivity (Wildman–Crippen MR) is 128 cm³/mol. The van der Waals surface area contributed by atoms with Gasteiger partial charge in [-0.15, -0.1) is 0 Å². The highest BCUT2D eigenvalue weighted by Gasteiger charge is 2.15. The van der Waals surface area contributed by atoms with Crippen molar-refractivity contribution in [3.05, 3.63) is 102 Å². The van der Waals surface area contributed by atoms with E-state index < -0.39 is 0 Å². The van der Waals surface area contributed by atoms with E-state index in [1.807, 2.05) is 71.5 Å². The number of nitrogens with one attached hydrogen (secondary N) is 1. The zero-order valence-electron chi connectivity index (χ0n) is 18.4. The quantitative estimate of drug-likeness (QED) is 0.379. The third-order valence-corrected chi connectivity index (χ3v) is 5.19. The van der Waals surface area contributed by atoms with Crippen LogP contribution in [0, 0.1) is 0 Å². The molecule has 0 aliphatic heterocycles. The summed E-state index contributed by atoms with van der Waals surface area (Å²) in [4.78, 5) is 24.4. The summed E-state index contributed by atoms with van der Waals surface area (Å²) in [6, 6.07) is 26.7. The average Bonchev–Trinajstić information content (AvgIpc) is 3.28. The molecule has 1 aromatic heterocycles. The fraction of sp³-hybridized carbons (Fsp3) is 0.148. The van der Waals surface area contributed by atoms with E-state index in [1.165, 1.54) is 0 Å². The Morgan fingerprint density at radius 3 is 2.24 bits per heavy atom. The molecule has 0 spiro atoms. The second-order valence-electron chi connectivity index (χ2n) is 7.48. The summed E-state index contributed by atoms with van der Waals surface area (Å²) < 4.78 is 6.90. The zero-order valence-corrected chi connectivity index (χ0v) is 18.4. The number of para-hydroxylation sites is 1. The van der Waals surface area contributed by atoms with Crippen LogP contribution in [0.25, 0.3) is 16.9 Å². The first-order valence-corrected chi connectivity index (χ1v) is 10.9. The van der Waals surface area contributed by atoms with Gasteiger partial charge in [0.2, 0.25) is 5.91 Å². The van der Waals surface area contributed by atoms with Crippen LogP contribution in [0.4, 0.5) is 5.69 Å². The van der Waals surface area contributed by atoms with Gasteiger partial charge in [-0.05, 0) is 55.3 Å². The molecule has 6 nitrogen and oxygen atoms in total. The summed E-state index contributed by atoms with van der Waals surface area (Å²) in [6.07, 6.45) is 2.68. The SMILES string of the molecule is CCOC(=O)c1ccc(NC(=O)CCc2cnn(-c3ccccc3)c2-c2ccccc2)cc1. The van der Waals surface area contributed by atoms with Gasteiger partial charge in [-0.25, -0.2) is 9.48 Å². The summed E-state index contributed by atoms with van der Waals surface area (Å²) in [6.45, 7) is 2.09. The molecule has 0 bridgehead atoms. The van der Waals surface area contributed by atoms with E-state index in [0.29, 0.717) is 30.7 Å². The van der Waals surface area contributed by atoms with E-state index in [1.54, 1.807) is 31.2 Å². The molecule has 1 N–H and O–H groups in total. The molecule has 0 fully saturated rings. The number of carbonyl (C=O) groups excluding carboxylic acids is 2. The lowest BCUT2D eigenvalue weighted by Crippen LogP contribution is -2.13. The molecular formula is C27H25N3O3. The normalized spacial score (nSPS) is 10.6. The van der Waals surface area contributed by atoms with Crippen LogP contribution in [0.5, 0.6) is 0 Å². The summed E-state index contributed by atoms with van der Waals surface area (Å²) in [7, 11) is 0. The molecule has 1 amide bonds. The van der Waals surface area contributed by atoms with E-state index in [0.717, 1.165) is 22.5 Å². The maximum Gasteiger partial charge on any atom is 0.338 e. The number of rotatable bonds is 8. The van der Waals surface area contributed by atoms with Gasteiger partial charge in [0.05, 0.1) is 29.7 Å². The van der Waals surface area contributed by atoms with Gasteiger partial charge >= 0.3 is 5.97 Å². The van der Waals surface area contributed by atoms with Gasteiger partial charge in [-0.1, -0.05) is 48.5 Å². The van der Waals surface area contributed by atoms with Crippen molar-refractivity contribution in [2.24, 2.45) is 0 Å². The first kappa shape index (κ1) is 22.0. The number of esters is 1. The summed E-state index contributed by atoms with van der Waals surface area (Å²) in [5, 5.41) is 7.50. The monoisotopic (exact) mass is 439 g/mol. The second kappa shape index (κ2) is 10.4. The minimum atomic E-state index is -0.376. The van der Waals surface area contributed by atoms with E-state index in [9.17, 15) is 9.59 Å². The van der Waals surface area contributed by atoms with Gasteiger partial charge in [0.15, 0.2) is 0 Å². The van der Waals surface area contributed by atoms with Crippen LogP contribution in [0.1, 0.15) is 29.3 Å². The summed E-state index contributed by atoms with van der Waals surface area (Å²) in [5.74, 6) is -0.482. The molecule has 0 atom stereocenters. The molecule has 1 heterocycles. The molecule has 0 radical (unpaired) electrons. The lowest BCUT2D eigenvalue weighted by Gasteiger charge is -2.11. The van der Waals surface area contributed by atoms with Gasteiger partial charge < -0.3 is 10.1 Å². The Hall–Kier alpha value is -4.19. The molecular weight excluding hydrogens is 414 g/mol. The highest BCUT2D eigenvalue weighted by molar-refractivity contribution is 5.93. The van der Waals surface area contributed by atoms with Crippen molar-refractivity contribution in [3.8, 4) is 16.9 Å². The first-order chi connectivity index (χ1) is 16.2. The number of hydrogen-bond acceptors (Lipinski definition) is 4. The van der Waals surface area contributed by atoms with Crippen LogP contribution in [0.2, 0.25) is 0 Å². The van der Waals surface area contributed by atoms with Gasteiger partial charge in [0.1, 0.15) is 0 Å². The van der Waals surface area contributed by atoms with Crippen molar-refractivity contribution < 1.29 is 14.3 Å². The Balaban J connectivity index is 1.48. The smallest absolute Gasteiger partial charge is 0.338 e. The Morgan fingerprint density at radius 2 is 1.58 bits per heavy atom. The Kier molecular flexibility index (Phi) is 6.95. The van der Waals surface area contributed by atoms with Crippen molar-refractivity contribution >= 4 is 17.6 Å². The van der Waals surface area contributed by atoms with E-state index in [4.69, 9.17) is 4.74 Å². The molecule has 3 aromatic carbocycles. The number of ether oxygens (including phenoxy) is 1. The Labute approximate surface area is 192 Å². The van der Waals surface area contributed by atoms with Crippen LogP contribution in [0.3, 0.4) is 0 Å². The van der Waals surface area contributed by atoms with E-state index in [-0.39, 0.29) is 11.9 Å². The van der Waals surface area contributed by atoms with E-state index in [2.05, 4.69) is 10.4 Å². The number of hydrogen-bond donors (Lipinski definition) is 1. The number of aryl methyl sites for hydroxylation is 1. The zero-order chi connectivity index (χ0) is 23.0. The number of benzene rings is 3. The molecule has 0 unspecified atom stereocenters. The van der Waals surface area contributed by atoms with Crippen LogP contribution < -0.4 is 5.32 Å². The summed E-state index contributed by atoms with van der Waals surface area (Å²) in [5.41, 5.74) is 5.08. The van der Waals surface area contributed by atoms with E-state index >= 15 is 0 Å². The molecule has 4 rings (SSSR count). The lowest BCUT2D eigenvalue weighted by molar-refractivity contribution is -0.116. The Bertz CT molecular complexity index is 1220. The van der Waals surface area contributed by atoms with Crippen LogP contribution in [-0.2, 0) is 16.0 Å². The molecule has 0 saturated carbocycles. The molecule has 33 heavy (non-hydrogen) atoms. The molecule has 166 valence electrons. The van der Waals surface area contributed by atoms with Gasteiger partial charge in [-0.2, -0.15) is 5.10 Å². The molecule has 0 saturated heterocycles. The number of carbonyl (C=O) groups is 2. The Morgan fingerprint density at radius 1 is 0.909 bits per heavy atom. The summed E-state index contributed by atoms with van der Waals surface area (Å²) >= 11 is 0. The number of nitrogens with zero attached hydrogens (tertiary/aromatic N) is 2. The fourth-order valence-electron chi connectivity index (χ4n) is 3.61. The largest absolute Gasteiger partial charge is 0.462 e. The van der Waals surface area contributed by atoms with Crippen molar-refractivity contribution in [3.63, 3.8) is 0 Å². The van der Waals surface area contributed by atoms with Crippen molar-refractivity contribution in [2.75, 3.05) is 11.9 Å². The molecule has 4 aromatic rings. The maximum atomic E-state index is 12.6. The number of aromatic nitrogens is 2. The van der Waals surface area contributed by atoms with Crippen molar-refractivity contribution in [1.82, 2.24) is 9.78 Å². The van der Waals surface area contributed by atoms with Crippen molar-refractivity contribution in [2.45, 2.75) is 19.8 Å². The topological polar surface area (TPSA) is 73.2 Å². The fourth-order valence-corrected chi connectivity index (χ4v) is 3.61. The number of anilines is 1. The minimum absolute atomic E-state index is 0.106. The molecule has 0 aliphatic carbocycles. The highest BCUT2D eigenvalue weighted by Crippen LogP contribution is 2.27. The highest BCUT2D eigenvalue weighted by atomic mass is 16.5. The van der Waals surface area contributed by atoms with Crippen LogP contribution >= 0.6 is 0 Å². The van der Waals surface area contributed by atoms with Gasteiger partial charge in [0, 0.05) is 17.7 Å². The van der Waals surface area contributed by atoms with Crippen LogP contribution in [-0.4, -0.2) is 28.3 Å². The minimum Gasteiger partial charge on any atom is -0.462 e. The number of amides is 1. The molecule has 0 aliphatic rings. The van der Waals surface area contributed by atoms with Crippen molar-refractivity contribution in [1.29, 1.82) is 0 Å². The van der Waals surface area contributed by atoms with Gasteiger partial charge in [-0.3, -0.25) is 4.79 Å². The van der Waals surface area contributed by atoms with Crippen LogP contribution in [0.15, 0.2) is 91.1 Å². The van der Waals surface area contributed by atoms with Gasteiger partial charge in [0.25, 0.3) is 0 Å². The lowest BCUT2D eigenvalue weighted by atomic mass is 10.0. The average molecular weight is 440 g/mol. The second-order valence-corrected chi connectivity index (χ2v) is 7.48. The third-order valence-electron chi connectivity index (χ3n) is 5.19. The third kappa shape index (κ3) is 5.36. The predicted octanol–water partition coefficient (Wildman–Crippen LogP) is 5.29. The molecule has 6 heteroatoms.